The van der Waals surface area contributed by atoms with Gasteiger partial charge in [-0.05, 0) is 50.5 Å². The third kappa shape index (κ3) is 5.07. The highest BCUT2D eigenvalue weighted by molar-refractivity contribution is 5.86. The highest BCUT2D eigenvalue weighted by Gasteiger charge is 2.32. The van der Waals surface area contributed by atoms with Crippen LogP contribution in [0.5, 0.6) is 17.5 Å². The number of methoxy groups -OCH3 is 1. The lowest BCUT2D eigenvalue weighted by molar-refractivity contribution is 0.0755. The number of aromatic nitrogens is 4. The van der Waals surface area contributed by atoms with E-state index in [9.17, 15) is 4.79 Å². The van der Waals surface area contributed by atoms with Crippen molar-refractivity contribution >= 4 is 16.7 Å². The summed E-state index contributed by atoms with van der Waals surface area (Å²) in [5, 5.41) is 0. The fourth-order valence-corrected chi connectivity index (χ4v) is 5.69. The van der Waals surface area contributed by atoms with Crippen molar-refractivity contribution in [2.45, 2.75) is 56.8 Å². The van der Waals surface area contributed by atoms with E-state index in [0.717, 1.165) is 74.9 Å². The number of rotatable bonds is 6. The van der Waals surface area contributed by atoms with Crippen LogP contribution in [0, 0.1) is 5.92 Å². The summed E-state index contributed by atoms with van der Waals surface area (Å²) >= 11 is 0. The van der Waals surface area contributed by atoms with Gasteiger partial charge in [0.2, 0.25) is 0 Å². The second kappa shape index (κ2) is 10.2. The molecule has 10 heteroatoms. The van der Waals surface area contributed by atoms with Crippen molar-refractivity contribution in [2.75, 3.05) is 31.7 Å². The molecule has 3 aromatic rings. The summed E-state index contributed by atoms with van der Waals surface area (Å²) in [5.41, 5.74) is 2.41. The van der Waals surface area contributed by atoms with Gasteiger partial charge in [0.05, 0.1) is 50.0 Å². The molecule has 3 aliphatic rings. The second-order valence-corrected chi connectivity index (χ2v) is 10.3. The Hall–Kier alpha value is -3.40. The van der Waals surface area contributed by atoms with E-state index in [2.05, 4.69) is 32.0 Å². The second-order valence-electron chi connectivity index (χ2n) is 10.3. The molecule has 0 spiro atoms. The number of hydrogen-bond acceptors (Lipinski definition) is 9. The summed E-state index contributed by atoms with van der Waals surface area (Å²) in [5.74, 6) is 1.95. The Morgan fingerprint density at radius 2 is 1.73 bits per heavy atom. The van der Waals surface area contributed by atoms with Gasteiger partial charge in [0.1, 0.15) is 17.4 Å². The van der Waals surface area contributed by atoms with E-state index in [0.29, 0.717) is 23.4 Å². The fraction of sp³-hybridized carbons (Fsp3) is 0.556. The van der Waals surface area contributed by atoms with E-state index < -0.39 is 0 Å². The SMILES string of the molecule is COc1cnc(OC2CCC(Oc3cc(N4CCC5COC(C5)C4)cc4ncc(=O)n(C)c34)CC2)nc1. The maximum atomic E-state index is 12.4. The summed E-state index contributed by atoms with van der Waals surface area (Å²) in [6.07, 6.45) is 10.5. The first-order valence-corrected chi connectivity index (χ1v) is 13.1. The third-order valence-electron chi connectivity index (χ3n) is 7.81. The standard InChI is InChI=1S/C27H33N5O5/c1-31-25(33)14-28-23-10-18(32-8-7-17-9-21(15-32)35-16-17)11-24(26(23)31)36-19-3-5-20(6-4-19)37-27-29-12-22(34-2)13-30-27/h10-14,17,19-21H,3-9,15-16H2,1-2H3. The first-order chi connectivity index (χ1) is 18.1. The van der Waals surface area contributed by atoms with Crippen molar-refractivity contribution < 1.29 is 18.9 Å². The number of ether oxygens (including phenoxy) is 4. The smallest absolute Gasteiger partial charge is 0.316 e. The summed E-state index contributed by atoms with van der Waals surface area (Å²) in [4.78, 5) is 27.7. The zero-order chi connectivity index (χ0) is 25.4. The van der Waals surface area contributed by atoms with Crippen molar-refractivity contribution in [2.24, 2.45) is 13.0 Å². The molecule has 0 N–H and O–H groups in total. The number of benzene rings is 1. The minimum atomic E-state index is -0.151. The molecule has 2 aliphatic heterocycles. The first kappa shape index (κ1) is 24.0. The Balaban J connectivity index is 1.19. The highest BCUT2D eigenvalue weighted by Crippen LogP contribution is 2.36. The van der Waals surface area contributed by atoms with Crippen molar-refractivity contribution in [3.8, 4) is 17.5 Å². The van der Waals surface area contributed by atoms with Crippen LogP contribution < -0.4 is 24.7 Å². The van der Waals surface area contributed by atoms with Gasteiger partial charge in [-0.25, -0.2) is 4.98 Å². The molecule has 2 unspecified atom stereocenters. The molecule has 1 aromatic carbocycles. The lowest BCUT2D eigenvalue weighted by atomic mass is 9.95. The van der Waals surface area contributed by atoms with Crippen molar-refractivity contribution in [3.63, 3.8) is 0 Å². The van der Waals surface area contributed by atoms with E-state index in [1.165, 1.54) is 6.20 Å². The lowest BCUT2D eigenvalue weighted by Crippen LogP contribution is -2.33. The van der Waals surface area contributed by atoms with Crippen molar-refractivity contribution in [1.29, 1.82) is 0 Å². The zero-order valence-corrected chi connectivity index (χ0v) is 21.3. The Morgan fingerprint density at radius 3 is 2.49 bits per heavy atom. The average molecular weight is 508 g/mol. The van der Waals surface area contributed by atoms with E-state index in [-0.39, 0.29) is 23.9 Å². The van der Waals surface area contributed by atoms with Crippen LogP contribution in [0.3, 0.4) is 0 Å². The molecule has 0 amide bonds. The van der Waals surface area contributed by atoms with Gasteiger partial charge in [-0.15, -0.1) is 0 Å². The van der Waals surface area contributed by atoms with Gasteiger partial charge in [0.25, 0.3) is 5.56 Å². The molecule has 196 valence electrons. The van der Waals surface area contributed by atoms with Crippen molar-refractivity contribution in [3.05, 3.63) is 41.1 Å². The molecule has 4 heterocycles. The number of anilines is 1. The maximum Gasteiger partial charge on any atom is 0.316 e. The van der Waals surface area contributed by atoms with E-state index >= 15 is 0 Å². The van der Waals surface area contributed by atoms with Gasteiger partial charge >= 0.3 is 6.01 Å². The van der Waals surface area contributed by atoms with Crippen LogP contribution in [0.25, 0.3) is 11.0 Å². The van der Waals surface area contributed by atoms with Gasteiger partial charge in [-0.3, -0.25) is 4.79 Å². The minimum Gasteiger partial charge on any atom is -0.494 e. The molecule has 1 saturated carbocycles. The molecule has 2 saturated heterocycles. The molecular weight excluding hydrogens is 474 g/mol. The van der Waals surface area contributed by atoms with Gasteiger partial charge in [-0.2, -0.15) is 9.97 Å². The van der Waals surface area contributed by atoms with E-state index in [4.69, 9.17) is 18.9 Å². The minimum absolute atomic E-state index is 0.0221. The number of nitrogens with zero attached hydrogens (tertiary/aromatic N) is 5. The van der Waals surface area contributed by atoms with Gasteiger partial charge in [-0.1, -0.05) is 0 Å². The Labute approximate surface area is 215 Å². The maximum absolute atomic E-state index is 12.4. The molecule has 37 heavy (non-hydrogen) atoms. The molecule has 10 nitrogen and oxygen atoms in total. The molecule has 3 fully saturated rings. The van der Waals surface area contributed by atoms with Crippen LogP contribution in [0.1, 0.15) is 38.5 Å². The summed E-state index contributed by atoms with van der Waals surface area (Å²) in [7, 11) is 3.36. The van der Waals surface area contributed by atoms with Crippen LogP contribution in [0.2, 0.25) is 0 Å². The van der Waals surface area contributed by atoms with Gasteiger partial charge in [0.15, 0.2) is 5.75 Å². The van der Waals surface area contributed by atoms with Crippen LogP contribution in [-0.4, -0.2) is 64.6 Å². The Kier molecular flexibility index (Phi) is 6.58. The van der Waals surface area contributed by atoms with Crippen LogP contribution in [0.15, 0.2) is 35.5 Å². The van der Waals surface area contributed by atoms with Gasteiger partial charge < -0.3 is 28.4 Å². The van der Waals surface area contributed by atoms with Crippen molar-refractivity contribution in [1.82, 2.24) is 19.5 Å². The molecule has 6 rings (SSSR count). The van der Waals surface area contributed by atoms with Crippen LogP contribution in [-0.2, 0) is 11.8 Å². The summed E-state index contributed by atoms with van der Waals surface area (Å²) in [6, 6.07) is 4.51. The molecule has 2 atom stereocenters. The normalized spacial score (nSPS) is 25.6. The van der Waals surface area contributed by atoms with E-state index in [1.807, 2.05) is 0 Å². The predicted octanol–water partition coefficient (Wildman–Crippen LogP) is 3.12. The monoisotopic (exact) mass is 507 g/mol. The quantitative estimate of drug-likeness (QED) is 0.498. The first-order valence-electron chi connectivity index (χ1n) is 13.1. The summed E-state index contributed by atoms with van der Waals surface area (Å²) in [6.45, 7) is 2.73. The third-order valence-corrected chi connectivity index (χ3v) is 7.81. The molecule has 2 aromatic heterocycles. The Morgan fingerprint density at radius 1 is 0.973 bits per heavy atom. The Bertz CT molecular complexity index is 1310. The highest BCUT2D eigenvalue weighted by atomic mass is 16.5. The summed E-state index contributed by atoms with van der Waals surface area (Å²) < 4.78 is 25.3. The largest absolute Gasteiger partial charge is 0.494 e. The molecule has 2 bridgehead atoms. The predicted molar refractivity (Wildman–Crippen MR) is 138 cm³/mol. The average Bonchev–Trinajstić information content (AvgIpc) is 3.25. The van der Waals surface area contributed by atoms with Crippen LogP contribution >= 0.6 is 0 Å². The van der Waals surface area contributed by atoms with Crippen LogP contribution in [0.4, 0.5) is 5.69 Å². The number of aryl methyl sites for hydroxylation is 1. The topological polar surface area (TPSA) is 101 Å². The number of fused-ring (bicyclic) bond motifs is 3. The zero-order valence-electron chi connectivity index (χ0n) is 21.3. The molecular formula is C27H33N5O5. The number of hydrogen-bond donors (Lipinski definition) is 0. The fourth-order valence-electron chi connectivity index (χ4n) is 5.69. The molecule has 0 radical (unpaired) electrons. The van der Waals surface area contributed by atoms with E-state index in [1.54, 1.807) is 31.1 Å². The lowest BCUT2D eigenvalue weighted by Gasteiger charge is -2.31. The molecule has 1 aliphatic carbocycles. The van der Waals surface area contributed by atoms with Gasteiger partial charge in [0, 0.05) is 31.9 Å².